The Morgan fingerprint density at radius 2 is 1.89 bits per heavy atom. The van der Waals surface area contributed by atoms with Crippen molar-refractivity contribution in [2.45, 2.75) is 0 Å². The number of benzene rings is 2. The van der Waals surface area contributed by atoms with Gasteiger partial charge in [-0.15, -0.1) is 0 Å². The number of hydrazine groups is 1. The zero-order chi connectivity index (χ0) is 19.1. The van der Waals surface area contributed by atoms with Crippen molar-refractivity contribution in [3.63, 3.8) is 0 Å². The SMILES string of the molecule is O=C(O)c1[nH]c2cc(Cl)cc(Cl)c2c1/C=C1\CNN(c2ccccc2)C1=O.[NaH]. The molecule has 3 aromatic rings. The number of nitrogens with zero attached hydrogens (tertiary/aromatic N) is 1. The summed E-state index contributed by atoms with van der Waals surface area (Å²) in [5.41, 5.74) is 4.93. The number of aromatic amines is 1. The number of aromatic nitrogens is 1. The van der Waals surface area contributed by atoms with E-state index >= 15 is 0 Å². The van der Waals surface area contributed by atoms with Gasteiger partial charge in [0.15, 0.2) is 0 Å². The summed E-state index contributed by atoms with van der Waals surface area (Å²) in [7, 11) is 0. The van der Waals surface area contributed by atoms with E-state index in [-0.39, 0.29) is 47.7 Å². The first-order valence-corrected chi connectivity index (χ1v) is 8.79. The zero-order valence-electron chi connectivity index (χ0n) is 13.8. The monoisotopic (exact) mass is 425 g/mol. The van der Waals surface area contributed by atoms with Crippen LogP contribution in [-0.4, -0.2) is 58.1 Å². The van der Waals surface area contributed by atoms with Gasteiger partial charge < -0.3 is 10.1 Å². The Morgan fingerprint density at radius 1 is 1.18 bits per heavy atom. The summed E-state index contributed by atoms with van der Waals surface area (Å²) >= 11 is 12.3. The van der Waals surface area contributed by atoms with Crippen LogP contribution in [0.15, 0.2) is 48.0 Å². The summed E-state index contributed by atoms with van der Waals surface area (Å²) < 4.78 is 0. The van der Waals surface area contributed by atoms with Gasteiger partial charge in [-0.2, -0.15) is 0 Å². The average molecular weight is 426 g/mol. The van der Waals surface area contributed by atoms with Crippen molar-refractivity contribution in [1.29, 1.82) is 0 Å². The summed E-state index contributed by atoms with van der Waals surface area (Å²) in [6.45, 7) is 0.269. The molecular weight excluding hydrogens is 412 g/mol. The maximum absolute atomic E-state index is 12.8. The van der Waals surface area contributed by atoms with Crippen molar-refractivity contribution in [1.82, 2.24) is 10.4 Å². The zero-order valence-corrected chi connectivity index (χ0v) is 15.3. The van der Waals surface area contributed by atoms with Crippen LogP contribution in [-0.2, 0) is 4.79 Å². The molecule has 0 unspecified atom stereocenters. The molecule has 0 radical (unpaired) electrons. The fourth-order valence-electron chi connectivity index (χ4n) is 3.11. The molecule has 0 spiro atoms. The first-order chi connectivity index (χ1) is 13.0. The molecular formula is C19H14Cl2N3NaO3. The van der Waals surface area contributed by atoms with Crippen LogP contribution in [0.25, 0.3) is 17.0 Å². The quantitative estimate of drug-likeness (QED) is 0.443. The summed E-state index contributed by atoms with van der Waals surface area (Å²) in [6, 6.07) is 12.3. The van der Waals surface area contributed by atoms with E-state index in [0.717, 1.165) is 0 Å². The standard InChI is InChI=1S/C19H13Cl2N3O3.Na.H/c20-11-7-14(21)16-13(17(19(26)27)23-15(16)8-11)6-10-9-22-24(18(10)25)12-4-2-1-3-5-12;;/h1-8,22-23H,9H2,(H,26,27);;/b10-6+;;. The van der Waals surface area contributed by atoms with Crippen LogP contribution in [0.4, 0.5) is 5.69 Å². The van der Waals surface area contributed by atoms with Gasteiger partial charge in [0, 0.05) is 33.6 Å². The van der Waals surface area contributed by atoms with Crippen molar-refractivity contribution in [3.05, 3.63) is 69.3 Å². The molecule has 1 fully saturated rings. The van der Waals surface area contributed by atoms with Crippen LogP contribution in [0.5, 0.6) is 0 Å². The molecule has 1 aromatic heterocycles. The second-order valence-corrected chi connectivity index (χ2v) is 6.85. The van der Waals surface area contributed by atoms with Gasteiger partial charge in [0.05, 0.1) is 10.7 Å². The van der Waals surface area contributed by atoms with Gasteiger partial charge in [-0.1, -0.05) is 41.4 Å². The fourth-order valence-corrected chi connectivity index (χ4v) is 3.71. The summed E-state index contributed by atoms with van der Waals surface area (Å²) in [5.74, 6) is -1.40. The number of aromatic carboxylic acids is 1. The van der Waals surface area contributed by atoms with Crippen molar-refractivity contribution in [2.75, 3.05) is 11.6 Å². The van der Waals surface area contributed by atoms with E-state index in [1.807, 2.05) is 18.2 Å². The van der Waals surface area contributed by atoms with Gasteiger partial charge in [-0.05, 0) is 30.3 Å². The Balaban J connectivity index is 0.00000225. The van der Waals surface area contributed by atoms with E-state index in [0.29, 0.717) is 37.8 Å². The number of para-hydroxylation sites is 1. The number of hydrogen-bond acceptors (Lipinski definition) is 3. The Hall–Kier alpha value is -1.80. The van der Waals surface area contributed by atoms with E-state index < -0.39 is 5.97 Å². The van der Waals surface area contributed by atoms with Gasteiger partial charge in [0.25, 0.3) is 5.91 Å². The Kier molecular flexibility index (Phi) is 6.19. The number of fused-ring (bicyclic) bond motifs is 1. The number of carbonyl (C=O) groups excluding carboxylic acids is 1. The number of nitrogens with one attached hydrogen (secondary N) is 2. The molecule has 2 aromatic carbocycles. The van der Waals surface area contributed by atoms with Crippen LogP contribution in [0.3, 0.4) is 0 Å². The minimum atomic E-state index is -1.15. The number of rotatable bonds is 3. The molecule has 1 saturated heterocycles. The maximum atomic E-state index is 12.8. The van der Waals surface area contributed by atoms with Crippen LogP contribution in [0.1, 0.15) is 16.1 Å². The Bertz CT molecular complexity index is 1110. The molecule has 1 aliphatic rings. The first-order valence-electron chi connectivity index (χ1n) is 8.03. The number of carboxylic acids is 1. The predicted octanol–water partition coefficient (Wildman–Crippen LogP) is 3.46. The number of halogens is 2. The molecule has 0 atom stereocenters. The summed E-state index contributed by atoms with van der Waals surface area (Å²) in [5, 5.41) is 12.2. The molecule has 9 heteroatoms. The van der Waals surface area contributed by atoms with Gasteiger partial charge >= 0.3 is 35.5 Å². The third kappa shape index (κ3) is 3.72. The fraction of sp³-hybridized carbons (Fsp3) is 0.0526. The summed E-state index contributed by atoms with van der Waals surface area (Å²) in [6.07, 6.45) is 1.56. The number of carbonyl (C=O) groups is 2. The van der Waals surface area contributed by atoms with Crippen LogP contribution in [0.2, 0.25) is 10.0 Å². The second-order valence-electron chi connectivity index (χ2n) is 6.01. The normalized spacial score (nSPS) is 15.3. The van der Waals surface area contributed by atoms with Crippen LogP contribution >= 0.6 is 23.2 Å². The van der Waals surface area contributed by atoms with Gasteiger partial charge in [0.1, 0.15) is 5.69 Å². The molecule has 0 aliphatic carbocycles. The Labute approximate surface area is 192 Å². The molecule has 0 saturated carbocycles. The Morgan fingerprint density at radius 3 is 2.57 bits per heavy atom. The number of hydrogen-bond donors (Lipinski definition) is 3. The minimum absolute atomic E-state index is 0. The third-order valence-corrected chi connectivity index (χ3v) is 4.82. The number of H-pyrrole nitrogens is 1. The van der Waals surface area contributed by atoms with Crippen molar-refractivity contribution in [2.24, 2.45) is 0 Å². The third-order valence-electron chi connectivity index (χ3n) is 4.31. The van der Waals surface area contributed by atoms with Gasteiger partial charge in [-0.25, -0.2) is 15.2 Å². The number of anilines is 1. The second kappa shape index (κ2) is 8.29. The van der Waals surface area contributed by atoms with E-state index in [1.54, 1.807) is 24.3 Å². The van der Waals surface area contributed by atoms with Gasteiger partial charge in [0.2, 0.25) is 0 Å². The van der Waals surface area contributed by atoms with Crippen molar-refractivity contribution < 1.29 is 14.7 Å². The van der Waals surface area contributed by atoms with E-state index in [1.165, 1.54) is 11.1 Å². The summed E-state index contributed by atoms with van der Waals surface area (Å²) in [4.78, 5) is 27.3. The molecule has 28 heavy (non-hydrogen) atoms. The van der Waals surface area contributed by atoms with Crippen molar-refractivity contribution >= 4 is 87.3 Å². The van der Waals surface area contributed by atoms with Crippen molar-refractivity contribution in [3.8, 4) is 0 Å². The number of amides is 1. The molecule has 4 rings (SSSR count). The first kappa shape index (κ1) is 20.9. The molecule has 1 aliphatic heterocycles. The topological polar surface area (TPSA) is 85.4 Å². The number of carboxylic acid groups (broad SMARTS) is 1. The molecule has 6 nitrogen and oxygen atoms in total. The molecule has 3 N–H and O–H groups in total. The van der Waals surface area contributed by atoms with Crippen LogP contribution in [0, 0.1) is 0 Å². The molecule has 2 heterocycles. The molecule has 138 valence electrons. The van der Waals surface area contributed by atoms with Crippen LogP contribution < -0.4 is 10.4 Å². The van der Waals surface area contributed by atoms with E-state index in [2.05, 4.69) is 10.4 Å². The van der Waals surface area contributed by atoms with E-state index in [9.17, 15) is 14.7 Å². The molecule has 0 bridgehead atoms. The van der Waals surface area contributed by atoms with Gasteiger partial charge in [-0.3, -0.25) is 4.79 Å². The van der Waals surface area contributed by atoms with E-state index in [4.69, 9.17) is 23.2 Å². The molecule has 1 amide bonds. The predicted molar refractivity (Wildman–Crippen MR) is 112 cm³/mol. The average Bonchev–Trinajstić information content (AvgIpc) is 3.17.